The zero-order valence-corrected chi connectivity index (χ0v) is 23.8. The van der Waals surface area contributed by atoms with Crippen LogP contribution in [0.1, 0.15) is 41.6 Å². The number of anilines is 2. The maximum atomic E-state index is 14.0. The minimum Gasteiger partial charge on any atom is -0.405 e. The average Bonchev–Trinajstić information content (AvgIpc) is 3.72. The van der Waals surface area contributed by atoms with E-state index in [0.29, 0.717) is 41.7 Å². The molecule has 1 saturated heterocycles. The van der Waals surface area contributed by atoms with E-state index in [1.165, 1.54) is 0 Å². The SMILES string of the molecule is C[C@@H]1COCCN1c1sc(C2(C(F)(F)F)CC2)nc1C(=N)OC(=N)NC1N=C(c2ccccc2)c2ccccc2NC1=O. The van der Waals surface area contributed by atoms with E-state index in [4.69, 9.17) is 20.3 Å². The number of thiazole rings is 1. The molecule has 1 saturated carbocycles. The second kappa shape index (κ2) is 11.1. The van der Waals surface area contributed by atoms with Gasteiger partial charge in [0.2, 0.25) is 12.1 Å². The summed E-state index contributed by atoms with van der Waals surface area (Å²) in [6.45, 7) is 3.01. The van der Waals surface area contributed by atoms with Gasteiger partial charge in [-0.3, -0.25) is 15.6 Å². The first-order valence-corrected chi connectivity index (χ1v) is 14.5. The van der Waals surface area contributed by atoms with Crippen LogP contribution in [0.3, 0.4) is 0 Å². The van der Waals surface area contributed by atoms with Gasteiger partial charge in [-0.1, -0.05) is 59.9 Å². The number of carbonyl (C=O) groups excluding carboxylic acids is 1. The quantitative estimate of drug-likeness (QED) is 0.245. The molecule has 0 radical (unpaired) electrons. The number of alkyl halides is 3. The Labute approximate surface area is 249 Å². The number of amidine groups is 1. The van der Waals surface area contributed by atoms with Gasteiger partial charge in [0.1, 0.15) is 15.4 Å². The van der Waals surface area contributed by atoms with E-state index in [1.54, 1.807) is 12.1 Å². The molecule has 2 aromatic carbocycles. The summed E-state index contributed by atoms with van der Waals surface area (Å²) in [6.07, 6.45) is -5.93. The molecule has 3 aromatic rings. The third-order valence-corrected chi connectivity index (χ3v) is 8.92. The molecule has 3 heterocycles. The maximum absolute atomic E-state index is 14.0. The molecule has 3 aliphatic rings. The molecule has 224 valence electrons. The first-order chi connectivity index (χ1) is 20.6. The molecule has 6 rings (SSSR count). The molecule has 0 spiro atoms. The second-order valence-electron chi connectivity index (χ2n) is 10.6. The van der Waals surface area contributed by atoms with Crippen LogP contribution in [-0.2, 0) is 19.7 Å². The number of benzodiazepines with no additional fused rings is 1. The standard InChI is InChI=1S/C29H28F3N7O3S/c1-16-15-41-14-13-39(16)25-21(37-26(43-25)28(11-12-28)29(30,31)32)22(33)42-27(34)38-23-24(40)35-19-10-6-5-9-18(19)20(36-23)17-7-3-2-4-8-17/h2-10,16,23,33H,11-15H2,1H3,(H2,34,38)(H,35,40)/t16-,23?/m1/s1. The van der Waals surface area contributed by atoms with Crippen LogP contribution in [0.25, 0.3) is 0 Å². The predicted octanol–water partition coefficient (Wildman–Crippen LogP) is 4.64. The molecular weight excluding hydrogens is 583 g/mol. The molecule has 43 heavy (non-hydrogen) atoms. The van der Waals surface area contributed by atoms with Crippen LogP contribution in [0.15, 0.2) is 59.6 Å². The first-order valence-electron chi connectivity index (χ1n) is 13.7. The van der Waals surface area contributed by atoms with Crippen molar-refractivity contribution in [3.8, 4) is 0 Å². The van der Waals surface area contributed by atoms with E-state index in [2.05, 4.69) is 20.6 Å². The van der Waals surface area contributed by atoms with Gasteiger partial charge in [-0.15, -0.1) is 0 Å². The number of aromatic nitrogens is 1. The molecule has 2 fully saturated rings. The molecule has 1 aromatic heterocycles. The van der Waals surface area contributed by atoms with Gasteiger partial charge >= 0.3 is 6.18 Å². The third-order valence-electron chi connectivity index (χ3n) is 7.62. The van der Waals surface area contributed by atoms with Crippen LogP contribution in [0.5, 0.6) is 0 Å². The first kappa shape index (κ1) is 28.8. The number of amides is 1. The van der Waals surface area contributed by atoms with Crippen molar-refractivity contribution in [2.45, 2.75) is 43.6 Å². The summed E-state index contributed by atoms with van der Waals surface area (Å²) < 4.78 is 52.9. The van der Waals surface area contributed by atoms with Crippen molar-refractivity contribution in [3.05, 3.63) is 76.4 Å². The summed E-state index contributed by atoms with van der Waals surface area (Å²) in [5.41, 5.74) is 0.340. The van der Waals surface area contributed by atoms with Crippen molar-refractivity contribution in [2.24, 2.45) is 4.99 Å². The normalized spacial score (nSPS) is 21.2. The smallest absolute Gasteiger partial charge is 0.400 e. The summed E-state index contributed by atoms with van der Waals surface area (Å²) >= 11 is 0.893. The van der Waals surface area contributed by atoms with E-state index in [0.717, 1.165) is 16.9 Å². The summed E-state index contributed by atoms with van der Waals surface area (Å²) in [4.78, 5) is 23.9. The lowest BCUT2D eigenvalue weighted by atomic mass is 10.0. The maximum Gasteiger partial charge on any atom is 0.400 e. The van der Waals surface area contributed by atoms with Crippen LogP contribution < -0.4 is 15.5 Å². The van der Waals surface area contributed by atoms with Crippen LogP contribution in [0.4, 0.5) is 23.9 Å². The van der Waals surface area contributed by atoms with E-state index < -0.39 is 35.6 Å². The largest absolute Gasteiger partial charge is 0.405 e. The topological polar surface area (TPSA) is 136 Å². The van der Waals surface area contributed by atoms with Crippen molar-refractivity contribution in [1.29, 1.82) is 10.8 Å². The van der Waals surface area contributed by atoms with E-state index >= 15 is 0 Å². The highest BCUT2D eigenvalue weighted by Crippen LogP contribution is 2.60. The Morgan fingerprint density at radius 2 is 1.88 bits per heavy atom. The van der Waals surface area contributed by atoms with Gasteiger partial charge < -0.3 is 25.0 Å². The Morgan fingerprint density at radius 3 is 2.58 bits per heavy atom. The number of fused-ring (bicyclic) bond motifs is 1. The highest BCUT2D eigenvalue weighted by molar-refractivity contribution is 7.16. The fourth-order valence-corrected chi connectivity index (χ4v) is 6.58. The Bertz CT molecular complexity index is 1600. The lowest BCUT2D eigenvalue weighted by molar-refractivity contribution is -0.160. The molecule has 1 unspecified atom stereocenters. The van der Waals surface area contributed by atoms with Gasteiger partial charge in [0.25, 0.3) is 11.9 Å². The monoisotopic (exact) mass is 611 g/mol. The number of nitrogens with one attached hydrogen (secondary N) is 4. The number of para-hydroxylation sites is 1. The minimum atomic E-state index is -4.48. The Balaban J connectivity index is 1.27. The predicted molar refractivity (Wildman–Crippen MR) is 156 cm³/mol. The Hall–Kier alpha value is -4.30. The van der Waals surface area contributed by atoms with E-state index in [-0.39, 0.29) is 29.6 Å². The molecule has 4 N–H and O–H groups in total. The lowest BCUT2D eigenvalue weighted by Crippen LogP contribution is -2.44. The highest BCUT2D eigenvalue weighted by atomic mass is 32.1. The van der Waals surface area contributed by atoms with Crippen LogP contribution in [-0.4, -0.2) is 66.7 Å². The van der Waals surface area contributed by atoms with Gasteiger partial charge in [-0.25, -0.2) is 9.98 Å². The zero-order chi connectivity index (χ0) is 30.4. The lowest BCUT2D eigenvalue weighted by Gasteiger charge is -2.34. The number of hydrogen-bond acceptors (Lipinski definition) is 9. The number of carbonyl (C=O) groups is 1. The van der Waals surface area contributed by atoms with Gasteiger partial charge in [-0.2, -0.15) is 13.2 Å². The van der Waals surface area contributed by atoms with Crippen LogP contribution in [0.2, 0.25) is 0 Å². The molecular formula is C29H28F3N7O3S. The number of hydrogen-bond donors (Lipinski definition) is 4. The van der Waals surface area contributed by atoms with Crippen LogP contribution >= 0.6 is 11.3 Å². The Morgan fingerprint density at radius 1 is 1.16 bits per heavy atom. The number of benzene rings is 2. The Kier molecular flexibility index (Phi) is 7.42. The van der Waals surface area contributed by atoms with Crippen LogP contribution in [0, 0.1) is 10.8 Å². The van der Waals surface area contributed by atoms with Crippen molar-refractivity contribution >= 4 is 45.6 Å². The number of rotatable bonds is 5. The molecule has 10 nitrogen and oxygen atoms in total. The number of morpholine rings is 1. The number of aliphatic imine (C=N–C) groups is 1. The van der Waals surface area contributed by atoms with Crippen molar-refractivity contribution < 1.29 is 27.4 Å². The molecule has 2 aliphatic heterocycles. The van der Waals surface area contributed by atoms with Gasteiger partial charge in [0, 0.05) is 17.7 Å². The second-order valence-corrected chi connectivity index (χ2v) is 11.5. The minimum absolute atomic E-state index is 0.0753. The molecule has 1 aliphatic carbocycles. The summed E-state index contributed by atoms with van der Waals surface area (Å²) in [5, 5.41) is 22.7. The van der Waals surface area contributed by atoms with E-state index in [1.807, 2.05) is 54.3 Å². The number of ether oxygens (including phenoxy) is 2. The summed E-state index contributed by atoms with van der Waals surface area (Å²) in [7, 11) is 0. The van der Waals surface area contributed by atoms with Crippen molar-refractivity contribution in [3.63, 3.8) is 0 Å². The van der Waals surface area contributed by atoms with E-state index in [9.17, 15) is 18.0 Å². The van der Waals surface area contributed by atoms with Gasteiger partial charge in [-0.05, 0) is 25.8 Å². The summed E-state index contributed by atoms with van der Waals surface area (Å²) in [6, 6.07) is 15.6. The molecule has 2 atom stereocenters. The fourth-order valence-electron chi connectivity index (χ4n) is 5.12. The number of nitrogens with zero attached hydrogens (tertiary/aromatic N) is 3. The third kappa shape index (κ3) is 5.47. The zero-order valence-electron chi connectivity index (χ0n) is 23.0. The molecule has 1 amide bonds. The highest BCUT2D eigenvalue weighted by Gasteiger charge is 2.66. The average molecular weight is 612 g/mol. The van der Waals surface area contributed by atoms with Crippen molar-refractivity contribution in [1.82, 2.24) is 10.3 Å². The molecule has 0 bridgehead atoms. The van der Waals surface area contributed by atoms with Gasteiger partial charge in [0.15, 0.2) is 5.69 Å². The summed E-state index contributed by atoms with van der Waals surface area (Å²) in [5.74, 6) is -1.17. The van der Waals surface area contributed by atoms with Crippen molar-refractivity contribution in [2.75, 3.05) is 30.0 Å². The van der Waals surface area contributed by atoms with Gasteiger partial charge in [0.05, 0.1) is 30.7 Å². The fraction of sp³-hybridized carbons (Fsp3) is 0.345. The number of halogens is 3. The molecule has 14 heteroatoms.